The molecule has 0 N–H and O–H groups in total. The molecular formula is O6Pb2SnZr. The van der Waals surface area contributed by atoms with Gasteiger partial charge < -0.3 is 0 Å². The molecule has 10 heteroatoms. The first-order valence-corrected chi connectivity index (χ1v) is 7.73. The van der Waals surface area contributed by atoms with Gasteiger partial charge in [-0.25, -0.2) is 0 Å². The van der Waals surface area contributed by atoms with Crippen LogP contribution in [0, 0.1) is 0 Å². The second-order valence-electron chi connectivity index (χ2n) is 0.500. The molecule has 0 aliphatic heterocycles. The molecule has 0 bridgehead atoms. The van der Waals surface area contributed by atoms with Crippen molar-refractivity contribution in [3.05, 3.63) is 0 Å². The van der Waals surface area contributed by atoms with E-state index in [0.29, 0.717) is 0 Å². The van der Waals surface area contributed by atoms with Crippen molar-refractivity contribution in [2.75, 3.05) is 0 Å². The summed E-state index contributed by atoms with van der Waals surface area (Å²) < 4.78 is 51.7. The Morgan fingerprint density at radius 1 is 1.10 bits per heavy atom. The standard InChI is InChI=1S/6O.2Pb.Sn.Zr/q;;4*-1;2*+2;;. The van der Waals surface area contributed by atoms with Gasteiger partial charge in [-0.2, -0.15) is 0 Å². The maximum absolute atomic E-state index is 8.61. The van der Waals surface area contributed by atoms with Crippen molar-refractivity contribution in [2.24, 2.45) is 0 Å². The Morgan fingerprint density at radius 2 is 1.10 bits per heavy atom. The molecule has 4 radical (unpaired) electrons. The minimum absolute atomic E-state index is 0. The van der Waals surface area contributed by atoms with Crippen LogP contribution >= 0.6 is 0 Å². The third-order valence-electron chi connectivity index (χ3n) is 0. The van der Waals surface area contributed by atoms with Crippen LogP contribution in [0.5, 0.6) is 0 Å². The van der Waals surface area contributed by atoms with Crippen LogP contribution in [0.15, 0.2) is 0 Å². The van der Waals surface area contributed by atoms with Crippen molar-refractivity contribution in [2.45, 2.75) is 0 Å². The molecular weight excluding hydrogens is 720 g/mol. The van der Waals surface area contributed by atoms with E-state index in [9.17, 15) is 0 Å². The molecule has 0 saturated heterocycles. The van der Waals surface area contributed by atoms with E-state index < -0.39 is 43.2 Å². The van der Waals surface area contributed by atoms with Crippen molar-refractivity contribution in [1.29, 1.82) is 0 Å². The summed E-state index contributed by atoms with van der Waals surface area (Å²) >= 11 is -8.59. The Balaban J connectivity index is -0.0000000300. The Labute approximate surface area is 115 Å². The Hall–Kier alpha value is 2.97. The van der Waals surface area contributed by atoms with Gasteiger partial charge in [0, 0.05) is 0 Å². The van der Waals surface area contributed by atoms with Gasteiger partial charge in [0.15, 0.2) is 0 Å². The first kappa shape index (κ1) is 23.1. The molecule has 10 heavy (non-hydrogen) atoms. The van der Waals surface area contributed by atoms with Crippen molar-refractivity contribution in [3.63, 3.8) is 0 Å². The molecule has 0 aliphatic carbocycles. The van der Waals surface area contributed by atoms with Crippen LogP contribution in [0.3, 0.4) is 0 Å². The average Bonchev–Trinajstić information content (AvgIpc) is 1.25. The molecule has 0 aromatic heterocycles. The predicted molar refractivity (Wildman–Crippen MR) is 18.6 cm³/mol. The summed E-state index contributed by atoms with van der Waals surface area (Å²) in [7, 11) is 0. The maximum Gasteiger partial charge on any atom is 2.00 e. The first-order valence-electron chi connectivity index (χ1n) is 1.22. The zero-order chi connectivity index (χ0) is 7.15. The molecule has 0 fully saturated rings. The van der Waals surface area contributed by atoms with E-state index in [1.54, 1.807) is 0 Å². The van der Waals surface area contributed by atoms with Gasteiger partial charge in [-0.3, -0.25) is 0 Å². The Morgan fingerprint density at radius 3 is 1.10 bits per heavy atom. The molecule has 0 rings (SSSR count). The smallest absolute Gasteiger partial charge is 2.00 e. The Kier molecular flexibility index (Phi) is 41.3. The van der Waals surface area contributed by atoms with E-state index in [1.807, 2.05) is 0 Å². The minimum atomic E-state index is -4.29. The summed E-state index contributed by atoms with van der Waals surface area (Å²) in [5.74, 6) is 0. The van der Waals surface area contributed by atoms with Gasteiger partial charge in [-0.15, -0.1) is 0 Å². The van der Waals surface area contributed by atoms with Crippen molar-refractivity contribution in [1.82, 2.24) is 0 Å². The fourth-order valence-electron chi connectivity index (χ4n) is 0. The zero-order valence-corrected chi connectivity index (χ0v) is 17.5. The van der Waals surface area contributed by atoms with Crippen LogP contribution in [0.2, 0.25) is 0 Å². The molecule has 0 aromatic carbocycles. The van der Waals surface area contributed by atoms with Gasteiger partial charge in [-0.1, -0.05) is 0 Å². The molecule has 0 heterocycles. The maximum atomic E-state index is 8.61. The summed E-state index contributed by atoms with van der Waals surface area (Å²) in [6, 6.07) is 0. The molecule has 0 aliphatic rings. The van der Waals surface area contributed by atoms with E-state index >= 15 is 0 Å². The number of hydrogen-bond donors (Lipinski definition) is 0. The fourth-order valence-corrected chi connectivity index (χ4v) is 0. The van der Waals surface area contributed by atoms with E-state index in [0.717, 1.165) is 0 Å². The molecule has 0 unspecified atom stereocenters. The van der Waals surface area contributed by atoms with Gasteiger partial charge >= 0.3 is 117 Å². The van der Waals surface area contributed by atoms with E-state index in [2.05, 4.69) is 0 Å². The van der Waals surface area contributed by atoms with Crippen LogP contribution in [-0.2, 0) is 28.5 Å². The van der Waals surface area contributed by atoms with Gasteiger partial charge in [0.2, 0.25) is 0 Å². The second-order valence-corrected chi connectivity index (χ2v) is 3.16. The largest absolute Gasteiger partial charge is 2.00 e. The van der Waals surface area contributed by atoms with Crippen LogP contribution in [-0.4, -0.2) is 75.2 Å². The average molecular weight is 720 g/mol. The summed E-state index contributed by atoms with van der Waals surface area (Å²) in [4.78, 5) is 0. The van der Waals surface area contributed by atoms with Gasteiger partial charge in [0.1, 0.15) is 0 Å². The van der Waals surface area contributed by atoms with Crippen LogP contribution in [0.1, 0.15) is 0 Å². The third-order valence-corrected chi connectivity index (χ3v) is 0. The second kappa shape index (κ2) is 17.9. The summed E-state index contributed by atoms with van der Waals surface area (Å²) in [6.45, 7) is 0. The summed E-state index contributed by atoms with van der Waals surface area (Å²) in [6.07, 6.45) is 0. The third kappa shape index (κ3) is 124. The van der Waals surface area contributed by atoms with Crippen LogP contribution in [0.4, 0.5) is 0 Å². The molecule has 0 saturated carbocycles. The predicted octanol–water partition coefficient (Wildman–Crippen LogP) is -6.14. The summed E-state index contributed by atoms with van der Waals surface area (Å²) in [5, 5.41) is 0. The SMILES string of the molecule is [O]=[Sn]([O-])[O-].[O]=[Zr]([O-])[O-].[Pb+2].[Pb+2]. The van der Waals surface area contributed by atoms with Crippen LogP contribution < -0.4 is 13.3 Å². The molecule has 0 atom stereocenters. The fraction of sp³-hybridized carbons (Fsp3) is 0. The molecule has 52 valence electrons. The first-order chi connectivity index (χ1) is 3.46. The summed E-state index contributed by atoms with van der Waals surface area (Å²) in [5.41, 5.74) is 0. The van der Waals surface area contributed by atoms with Gasteiger partial charge in [0.05, 0.1) is 0 Å². The topological polar surface area (TPSA) is 126 Å². The van der Waals surface area contributed by atoms with E-state index in [-0.39, 0.29) is 54.6 Å². The molecule has 0 spiro atoms. The normalized spacial score (nSPS) is 5.20. The van der Waals surface area contributed by atoms with Gasteiger partial charge in [0.25, 0.3) is 0 Å². The van der Waals surface area contributed by atoms with E-state index in [4.69, 9.17) is 19.1 Å². The number of rotatable bonds is 0. The van der Waals surface area contributed by atoms with Crippen molar-refractivity contribution < 1.29 is 41.8 Å². The molecule has 0 amide bonds. The molecule has 0 aromatic rings. The van der Waals surface area contributed by atoms with Gasteiger partial charge in [-0.05, 0) is 0 Å². The van der Waals surface area contributed by atoms with Crippen molar-refractivity contribution >= 4 is 75.2 Å². The quantitative estimate of drug-likeness (QED) is 0.230. The minimum Gasteiger partial charge on any atom is 2.00 e. The molecule has 6 nitrogen and oxygen atoms in total. The van der Waals surface area contributed by atoms with E-state index in [1.165, 1.54) is 0 Å². The number of hydrogen-bond acceptors (Lipinski definition) is 6. The zero-order valence-electron chi connectivity index (χ0n) is 4.45. The van der Waals surface area contributed by atoms with Crippen LogP contribution in [0.25, 0.3) is 0 Å². The Bertz CT molecular complexity index is 73.7. The monoisotopic (exact) mass is 722 g/mol. The van der Waals surface area contributed by atoms with Crippen molar-refractivity contribution in [3.8, 4) is 0 Å².